The second kappa shape index (κ2) is 8.03. The molecular weight excluding hydrogens is 503 g/mol. The van der Waals surface area contributed by atoms with Crippen molar-refractivity contribution in [3.63, 3.8) is 0 Å². The molecule has 35 heavy (non-hydrogen) atoms. The lowest BCUT2D eigenvalue weighted by Crippen LogP contribution is -2.40. The molecule has 2 N–H and O–H groups in total. The van der Waals surface area contributed by atoms with Gasteiger partial charge < -0.3 is 15.3 Å². The SMILES string of the molecule is Cc1c(-n2c(O)c3n(c2=O)C2CC3N(C(=S)Nc3cccc(C(F)(F)F)c3)C2)ccc(C#N)c1Cl. The Morgan fingerprint density at radius 2 is 2.06 bits per heavy atom. The van der Waals surface area contributed by atoms with Gasteiger partial charge in [0.05, 0.1) is 33.9 Å². The molecule has 0 radical (unpaired) electrons. The molecule has 7 nitrogen and oxygen atoms in total. The number of aromatic hydroxyl groups is 1. The molecule has 1 saturated heterocycles. The first kappa shape index (κ1) is 23.3. The largest absolute Gasteiger partial charge is 0.493 e. The average Bonchev–Trinajstić information content (AvgIpc) is 3.47. The third kappa shape index (κ3) is 3.56. The molecule has 3 heterocycles. The first-order valence-corrected chi connectivity index (χ1v) is 11.3. The van der Waals surface area contributed by atoms with Crippen molar-refractivity contribution in [2.45, 2.75) is 31.6 Å². The normalized spacial score (nSPS) is 18.5. The molecule has 180 valence electrons. The molecule has 12 heteroatoms. The molecule has 2 unspecified atom stereocenters. The Bertz CT molecular complexity index is 1490. The molecule has 1 aromatic heterocycles. The van der Waals surface area contributed by atoms with Crippen LogP contribution in [-0.4, -0.2) is 30.8 Å². The predicted molar refractivity (Wildman–Crippen MR) is 127 cm³/mol. The van der Waals surface area contributed by atoms with Crippen LogP contribution in [0.1, 0.15) is 40.9 Å². The number of aromatic nitrogens is 2. The maximum atomic E-state index is 13.3. The highest BCUT2D eigenvalue weighted by atomic mass is 35.5. The summed E-state index contributed by atoms with van der Waals surface area (Å²) in [5, 5.41) is 23.5. The zero-order chi connectivity index (χ0) is 25.2. The number of nitrogens with one attached hydrogen (secondary N) is 1. The van der Waals surface area contributed by atoms with Gasteiger partial charge in [0.1, 0.15) is 11.8 Å². The maximum absolute atomic E-state index is 13.3. The van der Waals surface area contributed by atoms with Crippen molar-refractivity contribution in [1.29, 1.82) is 5.26 Å². The lowest BCUT2D eigenvalue weighted by Gasteiger charge is -2.30. The van der Waals surface area contributed by atoms with E-state index in [1.165, 1.54) is 22.8 Å². The van der Waals surface area contributed by atoms with Crippen LogP contribution in [-0.2, 0) is 6.18 Å². The maximum Gasteiger partial charge on any atom is 0.416 e. The summed E-state index contributed by atoms with van der Waals surface area (Å²) in [6.45, 7) is 2.01. The number of halogens is 4. The van der Waals surface area contributed by atoms with Crippen molar-refractivity contribution >= 4 is 34.6 Å². The number of rotatable bonds is 2. The van der Waals surface area contributed by atoms with E-state index in [-0.39, 0.29) is 33.3 Å². The number of hydrogen-bond donors (Lipinski definition) is 2. The van der Waals surface area contributed by atoms with Crippen molar-refractivity contribution in [2.24, 2.45) is 0 Å². The number of thiocarbonyl (C=S) groups is 1. The number of nitriles is 1. The van der Waals surface area contributed by atoms with Gasteiger partial charge in [-0.1, -0.05) is 17.7 Å². The van der Waals surface area contributed by atoms with Gasteiger partial charge in [-0.05, 0) is 61.5 Å². The Kier molecular flexibility index (Phi) is 5.34. The number of benzene rings is 2. The van der Waals surface area contributed by atoms with Crippen molar-refractivity contribution in [3.8, 4) is 17.6 Å². The Morgan fingerprint density at radius 3 is 2.74 bits per heavy atom. The quantitative estimate of drug-likeness (QED) is 0.469. The Morgan fingerprint density at radius 1 is 1.31 bits per heavy atom. The lowest BCUT2D eigenvalue weighted by atomic mass is 10.1. The summed E-state index contributed by atoms with van der Waals surface area (Å²) in [6, 6.07) is 9.03. The molecule has 2 aromatic carbocycles. The molecule has 2 atom stereocenters. The fourth-order valence-corrected chi connectivity index (χ4v) is 5.38. The van der Waals surface area contributed by atoms with E-state index in [0.29, 0.717) is 29.9 Å². The summed E-state index contributed by atoms with van der Waals surface area (Å²) in [5.74, 6) is -0.266. The van der Waals surface area contributed by atoms with Crippen molar-refractivity contribution < 1.29 is 18.3 Å². The van der Waals surface area contributed by atoms with E-state index in [4.69, 9.17) is 23.8 Å². The average molecular weight is 520 g/mol. The fraction of sp³-hybridized carbons (Fsp3) is 0.261. The van der Waals surface area contributed by atoms with Gasteiger partial charge in [-0.15, -0.1) is 0 Å². The monoisotopic (exact) mass is 519 g/mol. The minimum absolute atomic E-state index is 0.189. The molecule has 3 aromatic rings. The summed E-state index contributed by atoms with van der Waals surface area (Å²) in [5.41, 5.74) is 0.407. The Hall–Kier alpha value is -3.49. The van der Waals surface area contributed by atoms with Gasteiger partial charge in [-0.25, -0.2) is 9.36 Å². The standard InChI is InChI=1S/C23H17ClF3N5O2S/c1-11-16(6-5-12(9-28)18(11)24)32-20(33)19-17-8-15(31(19)22(32)34)10-30(17)21(35)29-14-4-2-3-13(7-14)23(25,26)27/h2-7,15,17,33H,8,10H2,1H3,(H,29,35). The summed E-state index contributed by atoms with van der Waals surface area (Å²) in [4.78, 5) is 15.0. The summed E-state index contributed by atoms with van der Waals surface area (Å²) in [6.07, 6.45) is -3.96. The van der Waals surface area contributed by atoms with E-state index in [0.717, 1.165) is 16.7 Å². The number of anilines is 1. The number of imidazole rings is 1. The van der Waals surface area contributed by atoms with Crippen molar-refractivity contribution in [1.82, 2.24) is 14.0 Å². The van der Waals surface area contributed by atoms with E-state index < -0.39 is 23.5 Å². The molecule has 0 amide bonds. The minimum atomic E-state index is -4.48. The van der Waals surface area contributed by atoms with Gasteiger partial charge >= 0.3 is 11.9 Å². The lowest BCUT2D eigenvalue weighted by molar-refractivity contribution is -0.137. The second-order valence-electron chi connectivity index (χ2n) is 8.45. The minimum Gasteiger partial charge on any atom is -0.493 e. The molecule has 0 saturated carbocycles. The first-order chi connectivity index (χ1) is 16.5. The van der Waals surface area contributed by atoms with Crippen LogP contribution >= 0.6 is 23.8 Å². The summed E-state index contributed by atoms with van der Waals surface area (Å²) >= 11 is 11.7. The molecular formula is C23H17ClF3N5O2S. The van der Waals surface area contributed by atoms with Gasteiger partial charge in [0.25, 0.3) is 0 Å². The van der Waals surface area contributed by atoms with Crippen LogP contribution in [0.3, 0.4) is 0 Å². The zero-order valence-electron chi connectivity index (χ0n) is 18.1. The van der Waals surface area contributed by atoms with Crippen molar-refractivity contribution in [2.75, 3.05) is 11.9 Å². The molecule has 1 fully saturated rings. The number of fused-ring (bicyclic) bond motifs is 5. The first-order valence-electron chi connectivity index (χ1n) is 10.5. The predicted octanol–water partition coefficient (Wildman–Crippen LogP) is 4.90. The highest BCUT2D eigenvalue weighted by Crippen LogP contribution is 2.49. The molecule has 2 aliphatic heterocycles. The molecule has 2 bridgehead atoms. The third-order valence-electron chi connectivity index (χ3n) is 6.48. The summed E-state index contributed by atoms with van der Waals surface area (Å²) in [7, 11) is 0. The van der Waals surface area contributed by atoms with Gasteiger partial charge in [0.15, 0.2) is 5.11 Å². The topological polar surface area (TPSA) is 86.2 Å². The van der Waals surface area contributed by atoms with E-state index in [2.05, 4.69) is 5.32 Å². The summed E-state index contributed by atoms with van der Waals surface area (Å²) < 4.78 is 41.8. The molecule has 5 rings (SSSR count). The number of hydrogen-bond acceptors (Lipinski definition) is 4. The van der Waals surface area contributed by atoms with Crippen LogP contribution in [0.2, 0.25) is 5.02 Å². The van der Waals surface area contributed by atoms with E-state index >= 15 is 0 Å². The van der Waals surface area contributed by atoms with Crippen LogP contribution in [0.5, 0.6) is 5.88 Å². The van der Waals surface area contributed by atoms with Gasteiger partial charge in [0, 0.05) is 12.2 Å². The van der Waals surface area contributed by atoms with Crippen LogP contribution in [0.25, 0.3) is 5.69 Å². The van der Waals surface area contributed by atoms with Gasteiger partial charge in [-0.3, -0.25) is 4.57 Å². The Balaban J connectivity index is 1.48. The Labute approximate surface area is 207 Å². The second-order valence-corrected chi connectivity index (χ2v) is 9.21. The molecule has 2 aliphatic rings. The highest BCUT2D eigenvalue weighted by Gasteiger charge is 2.48. The number of likely N-dealkylation sites (tertiary alicyclic amines) is 1. The number of nitrogens with zero attached hydrogens (tertiary/aromatic N) is 4. The zero-order valence-corrected chi connectivity index (χ0v) is 19.7. The van der Waals surface area contributed by atoms with Crippen LogP contribution in [0.4, 0.5) is 18.9 Å². The third-order valence-corrected chi connectivity index (χ3v) is 7.30. The number of alkyl halides is 3. The molecule has 0 spiro atoms. The molecule has 0 aliphatic carbocycles. The van der Waals surface area contributed by atoms with Gasteiger partial charge in [0.2, 0.25) is 5.88 Å². The fourth-order valence-electron chi connectivity index (χ4n) is 4.86. The highest BCUT2D eigenvalue weighted by molar-refractivity contribution is 7.80. The van der Waals surface area contributed by atoms with E-state index in [1.54, 1.807) is 17.9 Å². The van der Waals surface area contributed by atoms with E-state index in [9.17, 15) is 28.3 Å². The van der Waals surface area contributed by atoms with Crippen LogP contribution < -0.4 is 11.0 Å². The van der Waals surface area contributed by atoms with Gasteiger partial charge in [-0.2, -0.15) is 18.4 Å². The van der Waals surface area contributed by atoms with Crippen molar-refractivity contribution in [3.05, 3.63) is 74.3 Å². The van der Waals surface area contributed by atoms with Crippen LogP contribution in [0.15, 0.2) is 41.2 Å². The van der Waals surface area contributed by atoms with E-state index in [1.807, 2.05) is 6.07 Å². The van der Waals surface area contributed by atoms with Crippen LogP contribution in [0, 0.1) is 18.3 Å². The smallest absolute Gasteiger partial charge is 0.416 e.